The van der Waals surface area contributed by atoms with Crippen LogP contribution in [0.25, 0.3) is 0 Å². The predicted molar refractivity (Wildman–Crippen MR) is 120 cm³/mol. The van der Waals surface area contributed by atoms with Gasteiger partial charge in [0, 0.05) is 17.1 Å². The number of aromatic hydroxyl groups is 1. The zero-order chi connectivity index (χ0) is 22.6. The average molecular weight is 459 g/mol. The minimum absolute atomic E-state index is 0.0681. The second kappa shape index (κ2) is 9.49. The second-order valence-corrected chi connectivity index (χ2v) is 9.57. The number of phenols is 1. The average Bonchev–Trinajstić information content (AvgIpc) is 2.69. The molecule has 1 aromatic heterocycles. The van der Waals surface area contributed by atoms with Gasteiger partial charge in [-0.25, -0.2) is 13.4 Å². The first-order valence-electron chi connectivity index (χ1n) is 9.68. The van der Waals surface area contributed by atoms with Crippen LogP contribution >= 0.6 is 11.6 Å². The number of aromatic nitrogens is 1. The smallest absolute Gasteiger partial charge is 0.269 e. The molecule has 6 nitrogen and oxygen atoms in total. The Kier molecular flexibility index (Phi) is 6.97. The van der Waals surface area contributed by atoms with Gasteiger partial charge >= 0.3 is 0 Å². The van der Waals surface area contributed by atoms with Crippen LogP contribution in [0.4, 0.5) is 0 Å². The zero-order valence-electron chi connectivity index (χ0n) is 17.2. The van der Waals surface area contributed by atoms with Crippen molar-refractivity contribution < 1.29 is 18.3 Å². The van der Waals surface area contributed by atoms with E-state index in [1.54, 1.807) is 50.2 Å². The summed E-state index contributed by atoms with van der Waals surface area (Å²) in [6.45, 7) is 3.75. The lowest BCUT2D eigenvalue weighted by molar-refractivity contribution is 0.0948. The van der Waals surface area contributed by atoms with Gasteiger partial charge in [0.05, 0.1) is 16.3 Å². The summed E-state index contributed by atoms with van der Waals surface area (Å²) in [4.78, 5) is 17.0. The predicted octanol–water partition coefficient (Wildman–Crippen LogP) is 4.00. The number of halogens is 1. The fourth-order valence-corrected chi connectivity index (χ4v) is 5.51. The molecule has 3 rings (SSSR count). The topological polar surface area (TPSA) is 96.4 Å². The van der Waals surface area contributed by atoms with E-state index >= 15 is 0 Å². The maximum absolute atomic E-state index is 12.9. The van der Waals surface area contributed by atoms with Crippen molar-refractivity contribution in [3.8, 4) is 5.75 Å². The zero-order valence-corrected chi connectivity index (χ0v) is 18.8. The SMILES string of the molecule is Cc1cccc(C)c1S(=O)(=O)Cc1cccc(C(=O)NCCc2c(O)cccc2Cl)n1. The number of phenolic OH excluding ortho intramolecular Hbond substituents is 1. The van der Waals surface area contributed by atoms with Crippen LogP contribution in [-0.4, -0.2) is 31.0 Å². The minimum atomic E-state index is -3.62. The lowest BCUT2D eigenvalue weighted by Crippen LogP contribution is -2.27. The van der Waals surface area contributed by atoms with Gasteiger partial charge in [0.15, 0.2) is 9.84 Å². The Morgan fingerprint density at radius 3 is 2.35 bits per heavy atom. The number of hydrogen-bond donors (Lipinski definition) is 2. The molecule has 0 aliphatic carbocycles. The van der Waals surface area contributed by atoms with E-state index in [2.05, 4.69) is 10.3 Å². The summed E-state index contributed by atoms with van der Waals surface area (Å²) in [5, 5.41) is 13.0. The monoisotopic (exact) mass is 458 g/mol. The number of sulfone groups is 1. The third kappa shape index (κ3) is 5.42. The van der Waals surface area contributed by atoms with Crippen LogP contribution in [0.1, 0.15) is 32.9 Å². The fraction of sp³-hybridized carbons (Fsp3) is 0.217. The standard InChI is InChI=1S/C23H23ClN2O4S/c1-15-6-3-7-16(2)22(15)31(29,30)14-17-8-4-10-20(26-17)23(28)25-13-12-18-19(24)9-5-11-21(18)27/h3-11,27H,12-14H2,1-2H3,(H,25,28). The summed E-state index contributed by atoms with van der Waals surface area (Å²) >= 11 is 6.07. The quantitative estimate of drug-likeness (QED) is 0.557. The molecule has 3 aromatic rings. The van der Waals surface area contributed by atoms with E-state index < -0.39 is 15.7 Å². The van der Waals surface area contributed by atoms with E-state index in [9.17, 15) is 18.3 Å². The third-order valence-electron chi connectivity index (χ3n) is 4.85. The Morgan fingerprint density at radius 2 is 1.68 bits per heavy atom. The summed E-state index contributed by atoms with van der Waals surface area (Å²) < 4.78 is 25.9. The van der Waals surface area contributed by atoms with E-state index in [1.807, 2.05) is 6.07 Å². The highest BCUT2D eigenvalue weighted by Crippen LogP contribution is 2.25. The molecule has 0 spiro atoms. The van der Waals surface area contributed by atoms with Crippen molar-refractivity contribution in [2.75, 3.05) is 6.54 Å². The van der Waals surface area contributed by atoms with Gasteiger partial charge in [-0.1, -0.05) is 41.9 Å². The molecule has 2 N–H and O–H groups in total. The van der Waals surface area contributed by atoms with Crippen LogP contribution in [0.2, 0.25) is 5.02 Å². The van der Waals surface area contributed by atoms with Gasteiger partial charge in [0.1, 0.15) is 11.4 Å². The Morgan fingerprint density at radius 1 is 1.03 bits per heavy atom. The Balaban J connectivity index is 1.70. The maximum atomic E-state index is 12.9. The molecule has 0 aliphatic rings. The first-order valence-corrected chi connectivity index (χ1v) is 11.7. The molecule has 162 valence electrons. The van der Waals surface area contributed by atoms with Gasteiger partial charge in [-0.05, 0) is 55.7 Å². The molecule has 0 fully saturated rings. The van der Waals surface area contributed by atoms with E-state index in [-0.39, 0.29) is 23.7 Å². The number of amides is 1. The largest absolute Gasteiger partial charge is 0.508 e. The molecule has 1 heterocycles. The first-order chi connectivity index (χ1) is 14.7. The van der Waals surface area contributed by atoms with Gasteiger partial charge in [-0.15, -0.1) is 0 Å². The van der Waals surface area contributed by atoms with Crippen LogP contribution in [0.3, 0.4) is 0 Å². The normalized spacial score (nSPS) is 11.3. The number of benzene rings is 2. The van der Waals surface area contributed by atoms with Crippen LogP contribution < -0.4 is 5.32 Å². The fourth-order valence-electron chi connectivity index (χ4n) is 3.43. The van der Waals surface area contributed by atoms with Crippen molar-refractivity contribution in [2.45, 2.75) is 30.9 Å². The number of carbonyl (C=O) groups excluding carboxylic acids is 1. The third-order valence-corrected chi connectivity index (χ3v) is 7.15. The highest BCUT2D eigenvalue weighted by atomic mass is 35.5. The molecule has 0 saturated heterocycles. The second-order valence-electron chi connectivity index (χ2n) is 7.24. The van der Waals surface area contributed by atoms with Gasteiger partial charge in [0.2, 0.25) is 0 Å². The first kappa shape index (κ1) is 22.8. The number of nitrogens with one attached hydrogen (secondary N) is 1. The van der Waals surface area contributed by atoms with Crippen LogP contribution in [0.5, 0.6) is 5.75 Å². The Labute approximate surface area is 186 Å². The lowest BCUT2D eigenvalue weighted by atomic mass is 10.1. The van der Waals surface area contributed by atoms with Crippen LogP contribution in [0.15, 0.2) is 59.5 Å². The number of rotatable bonds is 7. The molecule has 2 aromatic carbocycles. The Bertz CT molecular complexity index is 1190. The summed E-state index contributed by atoms with van der Waals surface area (Å²) in [5.41, 5.74) is 2.32. The van der Waals surface area contributed by atoms with E-state index in [1.165, 1.54) is 12.1 Å². The van der Waals surface area contributed by atoms with Crippen LogP contribution in [-0.2, 0) is 22.0 Å². The maximum Gasteiger partial charge on any atom is 0.269 e. The summed E-state index contributed by atoms with van der Waals surface area (Å²) in [6.07, 6.45) is 0.345. The van der Waals surface area contributed by atoms with E-state index in [0.29, 0.717) is 38.7 Å². The molecule has 0 bridgehead atoms. The summed E-state index contributed by atoms with van der Waals surface area (Å²) in [7, 11) is -3.62. The van der Waals surface area contributed by atoms with Crippen molar-refractivity contribution in [3.63, 3.8) is 0 Å². The molecule has 0 aliphatic heterocycles. The van der Waals surface area contributed by atoms with Crippen molar-refractivity contribution in [1.82, 2.24) is 10.3 Å². The molecule has 1 amide bonds. The molecule has 0 radical (unpaired) electrons. The van der Waals surface area contributed by atoms with Gasteiger partial charge in [-0.2, -0.15) is 0 Å². The van der Waals surface area contributed by atoms with Gasteiger partial charge in [0.25, 0.3) is 5.91 Å². The van der Waals surface area contributed by atoms with Gasteiger partial charge in [-0.3, -0.25) is 4.79 Å². The van der Waals surface area contributed by atoms with E-state index in [0.717, 1.165) is 0 Å². The Hall–Kier alpha value is -2.90. The highest BCUT2D eigenvalue weighted by Gasteiger charge is 2.21. The molecule has 0 unspecified atom stereocenters. The minimum Gasteiger partial charge on any atom is -0.508 e. The van der Waals surface area contributed by atoms with Crippen molar-refractivity contribution in [3.05, 3.63) is 87.7 Å². The molecule has 8 heteroatoms. The number of hydrogen-bond acceptors (Lipinski definition) is 5. The molecule has 0 saturated carbocycles. The lowest BCUT2D eigenvalue weighted by Gasteiger charge is -2.11. The van der Waals surface area contributed by atoms with Crippen molar-refractivity contribution >= 4 is 27.3 Å². The number of carbonyl (C=O) groups is 1. The van der Waals surface area contributed by atoms with E-state index in [4.69, 9.17) is 11.6 Å². The molecule has 0 atom stereocenters. The number of pyridine rings is 1. The van der Waals surface area contributed by atoms with Gasteiger partial charge < -0.3 is 10.4 Å². The summed E-state index contributed by atoms with van der Waals surface area (Å²) in [5.74, 6) is -0.663. The highest BCUT2D eigenvalue weighted by molar-refractivity contribution is 7.90. The number of aryl methyl sites for hydroxylation is 2. The molecule has 31 heavy (non-hydrogen) atoms. The van der Waals surface area contributed by atoms with Crippen molar-refractivity contribution in [1.29, 1.82) is 0 Å². The molecular weight excluding hydrogens is 436 g/mol. The number of nitrogens with zero attached hydrogens (tertiary/aromatic N) is 1. The van der Waals surface area contributed by atoms with Crippen molar-refractivity contribution in [2.24, 2.45) is 0 Å². The van der Waals surface area contributed by atoms with Crippen LogP contribution in [0, 0.1) is 13.8 Å². The molecular formula is C23H23ClN2O4S. The summed E-state index contributed by atoms with van der Waals surface area (Å²) in [6, 6.07) is 14.9.